The highest BCUT2D eigenvalue weighted by Crippen LogP contribution is 2.22. The molecule has 6 nitrogen and oxygen atoms in total. The lowest BCUT2D eigenvalue weighted by Crippen LogP contribution is -2.27. The van der Waals surface area contributed by atoms with E-state index < -0.39 is 0 Å². The normalized spacial score (nSPS) is 20.1. The fourth-order valence-corrected chi connectivity index (χ4v) is 2.46. The molecular formula is C13H16N4O2. The second-order valence-corrected chi connectivity index (χ2v) is 4.96. The summed E-state index contributed by atoms with van der Waals surface area (Å²) in [6, 6.07) is 5.41. The summed E-state index contributed by atoms with van der Waals surface area (Å²) in [6.07, 6.45) is 0.808. The number of carbonyl (C=O) groups is 1. The van der Waals surface area contributed by atoms with E-state index in [9.17, 15) is 4.79 Å². The third-order valence-electron chi connectivity index (χ3n) is 3.49. The quantitative estimate of drug-likeness (QED) is 0.792. The Hall–Kier alpha value is -2.08. The number of fused-ring (bicyclic) bond motifs is 1. The molecule has 1 aliphatic heterocycles. The molecule has 1 aromatic heterocycles. The van der Waals surface area contributed by atoms with Crippen LogP contribution in [0.2, 0.25) is 0 Å². The van der Waals surface area contributed by atoms with Crippen molar-refractivity contribution >= 4 is 22.7 Å². The summed E-state index contributed by atoms with van der Waals surface area (Å²) in [7, 11) is 0. The SMILES string of the molecule is NC(=O)C1CCN(Cc2nc3ccc(N)cc3o2)C1. The van der Waals surface area contributed by atoms with E-state index in [0.717, 1.165) is 18.5 Å². The minimum Gasteiger partial charge on any atom is -0.439 e. The molecule has 100 valence electrons. The van der Waals surface area contributed by atoms with Crippen LogP contribution < -0.4 is 11.5 Å². The highest BCUT2D eigenvalue weighted by Gasteiger charge is 2.27. The molecule has 3 rings (SSSR count). The average molecular weight is 260 g/mol. The molecule has 0 aliphatic carbocycles. The lowest BCUT2D eigenvalue weighted by atomic mass is 10.1. The van der Waals surface area contributed by atoms with Crippen LogP contribution in [0.5, 0.6) is 0 Å². The number of oxazole rings is 1. The van der Waals surface area contributed by atoms with E-state index in [1.807, 2.05) is 6.07 Å². The number of aromatic nitrogens is 1. The molecule has 1 aliphatic rings. The Bertz CT molecular complexity index is 622. The molecule has 1 atom stereocenters. The van der Waals surface area contributed by atoms with E-state index in [-0.39, 0.29) is 11.8 Å². The molecule has 0 saturated carbocycles. The first-order valence-corrected chi connectivity index (χ1v) is 6.28. The second kappa shape index (κ2) is 4.55. The summed E-state index contributed by atoms with van der Waals surface area (Å²) in [4.78, 5) is 17.7. The molecule has 1 saturated heterocycles. The molecular weight excluding hydrogens is 244 g/mol. The molecule has 2 heterocycles. The van der Waals surface area contributed by atoms with Gasteiger partial charge in [0, 0.05) is 18.3 Å². The predicted octanol–water partition coefficient (Wildman–Crippen LogP) is 0.717. The van der Waals surface area contributed by atoms with Crippen LogP contribution in [0.15, 0.2) is 22.6 Å². The van der Waals surface area contributed by atoms with Crippen LogP contribution in [-0.2, 0) is 11.3 Å². The lowest BCUT2D eigenvalue weighted by molar-refractivity contribution is -0.121. The molecule has 1 aromatic carbocycles. The molecule has 1 amide bonds. The highest BCUT2D eigenvalue weighted by atomic mass is 16.3. The monoisotopic (exact) mass is 260 g/mol. The fourth-order valence-electron chi connectivity index (χ4n) is 2.46. The average Bonchev–Trinajstić information content (AvgIpc) is 2.95. The second-order valence-electron chi connectivity index (χ2n) is 4.96. The van der Waals surface area contributed by atoms with Crippen molar-refractivity contribution in [3.63, 3.8) is 0 Å². The number of primary amides is 1. The summed E-state index contributed by atoms with van der Waals surface area (Å²) < 4.78 is 5.66. The third kappa shape index (κ3) is 2.39. The van der Waals surface area contributed by atoms with Gasteiger partial charge in [0.15, 0.2) is 5.58 Å². The van der Waals surface area contributed by atoms with Gasteiger partial charge in [0.1, 0.15) is 5.52 Å². The van der Waals surface area contributed by atoms with Crippen LogP contribution in [0.3, 0.4) is 0 Å². The van der Waals surface area contributed by atoms with E-state index >= 15 is 0 Å². The van der Waals surface area contributed by atoms with Crippen LogP contribution in [0, 0.1) is 5.92 Å². The van der Waals surface area contributed by atoms with Crippen molar-refractivity contribution in [2.24, 2.45) is 11.7 Å². The molecule has 0 spiro atoms. The number of nitrogens with two attached hydrogens (primary N) is 2. The zero-order chi connectivity index (χ0) is 13.4. The van der Waals surface area contributed by atoms with Gasteiger partial charge in [-0.05, 0) is 25.1 Å². The number of amides is 1. The number of anilines is 1. The van der Waals surface area contributed by atoms with Gasteiger partial charge in [0.25, 0.3) is 0 Å². The van der Waals surface area contributed by atoms with Gasteiger partial charge >= 0.3 is 0 Å². The molecule has 0 radical (unpaired) electrons. The zero-order valence-electron chi connectivity index (χ0n) is 10.5. The first kappa shape index (κ1) is 12.0. The van der Waals surface area contributed by atoms with Gasteiger partial charge < -0.3 is 15.9 Å². The minimum atomic E-state index is -0.229. The van der Waals surface area contributed by atoms with Gasteiger partial charge in [-0.25, -0.2) is 4.98 Å². The van der Waals surface area contributed by atoms with Crippen molar-refractivity contribution in [3.8, 4) is 0 Å². The first-order chi connectivity index (χ1) is 9.11. The van der Waals surface area contributed by atoms with Gasteiger partial charge in [-0.15, -0.1) is 0 Å². The maximum absolute atomic E-state index is 11.1. The molecule has 1 unspecified atom stereocenters. The molecule has 4 N–H and O–H groups in total. The summed E-state index contributed by atoms with van der Waals surface area (Å²) in [6.45, 7) is 2.11. The third-order valence-corrected chi connectivity index (χ3v) is 3.49. The van der Waals surface area contributed by atoms with Gasteiger partial charge in [-0.2, -0.15) is 0 Å². The summed E-state index contributed by atoms with van der Waals surface area (Å²) in [5.74, 6) is 0.360. The van der Waals surface area contributed by atoms with Crippen LogP contribution >= 0.6 is 0 Å². The number of likely N-dealkylation sites (tertiary alicyclic amines) is 1. The van der Waals surface area contributed by atoms with Crippen molar-refractivity contribution in [2.75, 3.05) is 18.8 Å². The Balaban J connectivity index is 1.73. The first-order valence-electron chi connectivity index (χ1n) is 6.28. The van der Waals surface area contributed by atoms with Crippen LogP contribution in [0.1, 0.15) is 12.3 Å². The number of benzene rings is 1. The topological polar surface area (TPSA) is 98.4 Å². The maximum Gasteiger partial charge on any atom is 0.221 e. The van der Waals surface area contributed by atoms with Crippen LogP contribution in [0.4, 0.5) is 5.69 Å². The van der Waals surface area contributed by atoms with E-state index in [4.69, 9.17) is 15.9 Å². The molecule has 19 heavy (non-hydrogen) atoms. The van der Waals surface area contributed by atoms with E-state index in [1.165, 1.54) is 0 Å². The summed E-state index contributed by atoms with van der Waals surface area (Å²) in [5.41, 5.74) is 13.2. The van der Waals surface area contributed by atoms with Gasteiger partial charge in [0.05, 0.1) is 12.5 Å². The Morgan fingerprint density at radius 2 is 2.37 bits per heavy atom. The zero-order valence-corrected chi connectivity index (χ0v) is 10.5. The maximum atomic E-state index is 11.1. The number of nitrogen functional groups attached to an aromatic ring is 1. The number of nitrogens with zero attached hydrogens (tertiary/aromatic N) is 2. The standard InChI is InChI=1S/C13H16N4O2/c14-9-1-2-10-11(5-9)19-12(16-10)7-17-4-3-8(6-17)13(15)18/h1-2,5,8H,3-4,6-7,14H2,(H2,15,18). The molecule has 0 bridgehead atoms. The molecule has 6 heteroatoms. The van der Waals surface area contributed by atoms with Gasteiger partial charge in [-0.3, -0.25) is 9.69 Å². The lowest BCUT2D eigenvalue weighted by Gasteiger charge is -2.12. The summed E-state index contributed by atoms with van der Waals surface area (Å²) >= 11 is 0. The Morgan fingerprint density at radius 3 is 3.11 bits per heavy atom. The van der Waals surface area contributed by atoms with E-state index in [0.29, 0.717) is 30.3 Å². The summed E-state index contributed by atoms with van der Waals surface area (Å²) in [5, 5.41) is 0. The molecule has 2 aromatic rings. The Labute approximate surface area is 110 Å². The Morgan fingerprint density at radius 1 is 1.53 bits per heavy atom. The Kier molecular flexibility index (Phi) is 2.87. The predicted molar refractivity (Wildman–Crippen MR) is 71.0 cm³/mol. The van der Waals surface area contributed by atoms with Crippen molar-refractivity contribution < 1.29 is 9.21 Å². The van der Waals surface area contributed by atoms with Crippen LogP contribution in [0.25, 0.3) is 11.1 Å². The van der Waals surface area contributed by atoms with Crippen LogP contribution in [-0.4, -0.2) is 28.9 Å². The highest BCUT2D eigenvalue weighted by molar-refractivity contribution is 5.77. The number of hydrogen-bond acceptors (Lipinski definition) is 5. The van der Waals surface area contributed by atoms with E-state index in [1.54, 1.807) is 12.1 Å². The number of carbonyl (C=O) groups excluding carboxylic acids is 1. The van der Waals surface area contributed by atoms with Crippen molar-refractivity contribution in [1.29, 1.82) is 0 Å². The smallest absolute Gasteiger partial charge is 0.221 e. The largest absolute Gasteiger partial charge is 0.439 e. The minimum absolute atomic E-state index is 0.0555. The van der Waals surface area contributed by atoms with Crippen molar-refractivity contribution in [2.45, 2.75) is 13.0 Å². The number of rotatable bonds is 3. The fraction of sp³-hybridized carbons (Fsp3) is 0.385. The van der Waals surface area contributed by atoms with Crippen molar-refractivity contribution in [1.82, 2.24) is 9.88 Å². The number of hydrogen-bond donors (Lipinski definition) is 2. The molecule has 1 fully saturated rings. The van der Waals surface area contributed by atoms with Gasteiger partial charge in [-0.1, -0.05) is 0 Å². The van der Waals surface area contributed by atoms with Gasteiger partial charge in [0.2, 0.25) is 11.8 Å². The van der Waals surface area contributed by atoms with Crippen molar-refractivity contribution in [3.05, 3.63) is 24.1 Å². The van der Waals surface area contributed by atoms with E-state index in [2.05, 4.69) is 9.88 Å².